The average molecular weight is 374 g/mol. The zero-order valence-corrected chi connectivity index (χ0v) is 15.3. The van der Waals surface area contributed by atoms with E-state index in [4.69, 9.17) is 5.73 Å². The summed E-state index contributed by atoms with van der Waals surface area (Å²) in [5.74, 6) is -0.134. The number of carbonyl (C=O) groups is 1. The van der Waals surface area contributed by atoms with Gasteiger partial charge in [0.15, 0.2) is 0 Å². The van der Waals surface area contributed by atoms with Crippen LogP contribution in [-0.2, 0) is 10.0 Å². The van der Waals surface area contributed by atoms with Gasteiger partial charge in [-0.15, -0.1) is 12.4 Å². The Labute approximate surface area is 149 Å². The lowest BCUT2D eigenvalue weighted by atomic mass is 9.90. The van der Waals surface area contributed by atoms with E-state index in [1.54, 1.807) is 17.0 Å². The molecule has 2 fully saturated rings. The molecular weight excluding hydrogens is 350 g/mol. The van der Waals surface area contributed by atoms with Crippen molar-refractivity contribution in [3.63, 3.8) is 0 Å². The molecule has 3 rings (SSSR count). The second-order valence-corrected chi connectivity index (χ2v) is 8.63. The number of nitrogens with zero attached hydrogens (tertiary/aromatic N) is 1. The van der Waals surface area contributed by atoms with Crippen molar-refractivity contribution >= 4 is 28.3 Å². The first-order valence-corrected chi connectivity index (χ1v) is 9.43. The predicted octanol–water partition coefficient (Wildman–Crippen LogP) is 1.36. The maximum absolute atomic E-state index is 12.6. The van der Waals surface area contributed by atoms with Gasteiger partial charge in [0.25, 0.3) is 5.91 Å². The van der Waals surface area contributed by atoms with Crippen molar-refractivity contribution in [1.29, 1.82) is 0 Å². The van der Waals surface area contributed by atoms with Gasteiger partial charge in [0, 0.05) is 24.7 Å². The van der Waals surface area contributed by atoms with Crippen LogP contribution in [0.15, 0.2) is 29.2 Å². The van der Waals surface area contributed by atoms with Crippen LogP contribution < -0.4 is 10.5 Å². The minimum atomic E-state index is -3.54. The van der Waals surface area contributed by atoms with Crippen LogP contribution >= 0.6 is 12.4 Å². The number of sulfonamides is 1. The largest absolute Gasteiger partial charge is 0.338 e. The number of benzene rings is 1. The van der Waals surface area contributed by atoms with E-state index in [1.165, 1.54) is 12.1 Å². The van der Waals surface area contributed by atoms with Crippen LogP contribution in [0.1, 0.15) is 36.5 Å². The fourth-order valence-corrected chi connectivity index (χ4v) is 4.18. The van der Waals surface area contributed by atoms with Gasteiger partial charge in [-0.05, 0) is 49.4 Å². The smallest absolute Gasteiger partial charge is 0.253 e. The molecule has 1 atom stereocenters. The molecule has 1 saturated carbocycles. The Bertz CT molecular complexity index is 721. The van der Waals surface area contributed by atoms with E-state index >= 15 is 0 Å². The van der Waals surface area contributed by atoms with E-state index < -0.39 is 10.0 Å². The van der Waals surface area contributed by atoms with E-state index in [1.807, 2.05) is 0 Å². The molecule has 1 heterocycles. The third kappa shape index (κ3) is 4.08. The minimum Gasteiger partial charge on any atom is -0.338 e. The maximum Gasteiger partial charge on any atom is 0.253 e. The summed E-state index contributed by atoms with van der Waals surface area (Å²) in [6, 6.07) is 6.31. The maximum atomic E-state index is 12.6. The number of amides is 1. The Kier molecular flexibility index (Phi) is 5.59. The van der Waals surface area contributed by atoms with E-state index in [2.05, 4.69) is 11.6 Å². The molecule has 134 valence electrons. The molecule has 6 nitrogen and oxygen atoms in total. The van der Waals surface area contributed by atoms with Crippen molar-refractivity contribution in [2.45, 2.75) is 37.1 Å². The minimum absolute atomic E-state index is 0. The summed E-state index contributed by atoms with van der Waals surface area (Å²) in [6.45, 7) is 3.88. The molecule has 1 amide bonds. The molecule has 1 aliphatic heterocycles. The van der Waals surface area contributed by atoms with Gasteiger partial charge in [0.1, 0.15) is 0 Å². The van der Waals surface area contributed by atoms with E-state index in [0.29, 0.717) is 25.2 Å². The number of halogens is 1. The molecular formula is C16H24ClN3O3S. The summed E-state index contributed by atoms with van der Waals surface area (Å²) in [7, 11) is -3.54. The lowest BCUT2D eigenvalue weighted by molar-refractivity contribution is 0.0776. The van der Waals surface area contributed by atoms with Gasteiger partial charge in [-0.2, -0.15) is 0 Å². The van der Waals surface area contributed by atoms with Crippen molar-refractivity contribution in [3.8, 4) is 0 Å². The molecule has 1 aromatic rings. The zero-order chi connectivity index (χ0) is 16.7. The Morgan fingerprint density at radius 3 is 2.71 bits per heavy atom. The lowest BCUT2D eigenvalue weighted by Gasteiger charge is -2.22. The number of rotatable bonds is 5. The van der Waals surface area contributed by atoms with Crippen molar-refractivity contribution in [2.75, 3.05) is 19.6 Å². The summed E-state index contributed by atoms with van der Waals surface area (Å²) in [5, 5.41) is 0. The number of hydrogen-bond acceptors (Lipinski definition) is 4. The van der Waals surface area contributed by atoms with Gasteiger partial charge >= 0.3 is 0 Å². The van der Waals surface area contributed by atoms with Crippen LogP contribution in [0.2, 0.25) is 0 Å². The molecule has 0 radical (unpaired) electrons. The molecule has 1 aromatic carbocycles. The first kappa shape index (κ1) is 19.2. The van der Waals surface area contributed by atoms with E-state index in [9.17, 15) is 13.2 Å². The first-order valence-electron chi connectivity index (χ1n) is 7.95. The van der Waals surface area contributed by atoms with Gasteiger partial charge in [0.05, 0.1) is 4.90 Å². The van der Waals surface area contributed by atoms with Gasteiger partial charge in [-0.1, -0.05) is 13.0 Å². The third-order valence-corrected chi connectivity index (χ3v) is 6.15. The lowest BCUT2D eigenvalue weighted by Crippen LogP contribution is -2.34. The molecule has 1 unspecified atom stereocenters. The molecule has 1 saturated heterocycles. The van der Waals surface area contributed by atoms with E-state index in [0.717, 1.165) is 19.3 Å². The Hall–Kier alpha value is -1.15. The van der Waals surface area contributed by atoms with Gasteiger partial charge in [0.2, 0.25) is 10.0 Å². The van der Waals surface area contributed by atoms with Crippen molar-refractivity contribution < 1.29 is 13.2 Å². The van der Waals surface area contributed by atoms with Crippen LogP contribution in [0.4, 0.5) is 0 Å². The highest BCUT2D eigenvalue weighted by atomic mass is 35.5. The number of nitrogens with one attached hydrogen (secondary N) is 1. The monoisotopic (exact) mass is 373 g/mol. The topological polar surface area (TPSA) is 92.5 Å². The van der Waals surface area contributed by atoms with Crippen LogP contribution in [0.5, 0.6) is 0 Å². The molecule has 24 heavy (non-hydrogen) atoms. The normalized spacial score (nSPS) is 23.8. The number of nitrogens with two attached hydrogens (primary N) is 1. The van der Waals surface area contributed by atoms with Gasteiger partial charge in [-0.3, -0.25) is 4.79 Å². The number of carbonyl (C=O) groups excluding carboxylic acids is 1. The van der Waals surface area contributed by atoms with Gasteiger partial charge in [-0.25, -0.2) is 13.1 Å². The highest BCUT2D eigenvalue weighted by molar-refractivity contribution is 7.89. The van der Waals surface area contributed by atoms with Crippen molar-refractivity contribution in [1.82, 2.24) is 9.62 Å². The van der Waals surface area contributed by atoms with Crippen molar-refractivity contribution in [2.24, 2.45) is 11.1 Å². The van der Waals surface area contributed by atoms with Crippen LogP contribution in [0.3, 0.4) is 0 Å². The Morgan fingerprint density at radius 1 is 1.42 bits per heavy atom. The summed E-state index contributed by atoms with van der Waals surface area (Å²) in [5.41, 5.74) is 6.14. The van der Waals surface area contributed by atoms with Crippen molar-refractivity contribution in [3.05, 3.63) is 29.8 Å². The summed E-state index contributed by atoms with van der Waals surface area (Å²) < 4.78 is 27.2. The highest BCUT2D eigenvalue weighted by Crippen LogP contribution is 2.30. The molecule has 0 aromatic heterocycles. The third-order valence-electron chi connectivity index (χ3n) is 4.63. The zero-order valence-electron chi connectivity index (χ0n) is 13.7. The second-order valence-electron chi connectivity index (χ2n) is 6.91. The van der Waals surface area contributed by atoms with E-state index in [-0.39, 0.29) is 34.7 Å². The quantitative estimate of drug-likeness (QED) is 0.815. The van der Waals surface area contributed by atoms with Gasteiger partial charge < -0.3 is 10.6 Å². The Morgan fingerprint density at radius 2 is 2.12 bits per heavy atom. The fourth-order valence-electron chi connectivity index (χ4n) is 2.83. The Balaban J connectivity index is 0.00000208. The standard InChI is InChI=1S/C16H23N3O3S.ClH/c1-16(10-17)7-8-19(11-16)15(20)12-3-2-4-14(9-12)23(21,22)18-13-5-6-13;/h2-4,9,13,18H,5-8,10-11,17H2,1H3;1H. The second kappa shape index (κ2) is 7.00. The number of likely N-dealkylation sites (tertiary alicyclic amines) is 1. The fraction of sp³-hybridized carbons (Fsp3) is 0.562. The summed E-state index contributed by atoms with van der Waals surface area (Å²) in [6.07, 6.45) is 2.63. The molecule has 0 spiro atoms. The SMILES string of the molecule is CC1(CN)CCN(C(=O)c2cccc(S(=O)(=O)NC3CC3)c2)C1.Cl. The van der Waals surface area contributed by atoms with Crippen LogP contribution in [-0.4, -0.2) is 44.9 Å². The summed E-state index contributed by atoms with van der Waals surface area (Å²) >= 11 is 0. The number of hydrogen-bond donors (Lipinski definition) is 2. The first-order chi connectivity index (χ1) is 10.8. The average Bonchev–Trinajstić information content (AvgIpc) is 3.25. The summed E-state index contributed by atoms with van der Waals surface area (Å²) in [4.78, 5) is 14.5. The molecule has 2 aliphatic rings. The van der Waals surface area contributed by atoms with Crippen LogP contribution in [0, 0.1) is 5.41 Å². The molecule has 1 aliphatic carbocycles. The molecule has 3 N–H and O–H groups in total. The predicted molar refractivity (Wildman–Crippen MR) is 94.7 cm³/mol. The highest BCUT2D eigenvalue weighted by Gasteiger charge is 2.35. The van der Waals surface area contributed by atoms with Crippen LogP contribution in [0.25, 0.3) is 0 Å². The molecule has 8 heteroatoms. The molecule has 0 bridgehead atoms.